The number of nitro benzene ring substituents is 1. The maximum Gasteiger partial charge on any atom is 0.275 e. The molecule has 5 nitrogen and oxygen atoms in total. The van der Waals surface area contributed by atoms with Gasteiger partial charge in [0.05, 0.1) is 11.0 Å². The van der Waals surface area contributed by atoms with Crippen molar-refractivity contribution >= 4 is 17.3 Å². The summed E-state index contributed by atoms with van der Waals surface area (Å²) in [6, 6.07) is 4.61. The maximum absolute atomic E-state index is 10.9. The molecule has 1 rings (SSSR count). The molecule has 0 saturated carbocycles. The summed E-state index contributed by atoms with van der Waals surface area (Å²) < 4.78 is 0. The van der Waals surface area contributed by atoms with Gasteiger partial charge >= 0.3 is 0 Å². The lowest BCUT2D eigenvalue weighted by Gasteiger charge is -2.20. The van der Waals surface area contributed by atoms with E-state index in [-0.39, 0.29) is 11.6 Å². The van der Waals surface area contributed by atoms with Crippen molar-refractivity contribution in [2.24, 2.45) is 5.92 Å². The van der Waals surface area contributed by atoms with Gasteiger partial charge in [-0.15, -0.1) is 0 Å². The van der Waals surface area contributed by atoms with Crippen LogP contribution in [0, 0.1) is 16.0 Å². The molecule has 1 atom stereocenters. The van der Waals surface area contributed by atoms with Crippen LogP contribution in [-0.2, 0) is 6.54 Å². The highest BCUT2D eigenvalue weighted by atomic mass is 35.5. The average Bonchev–Trinajstić information content (AvgIpc) is 2.41. The molecule has 0 bridgehead atoms. The van der Waals surface area contributed by atoms with E-state index in [0.29, 0.717) is 23.7 Å². The third kappa shape index (κ3) is 4.74. The largest absolute Gasteiger partial charge is 0.392 e. The Morgan fingerprint density at radius 2 is 2.05 bits per heavy atom. The quantitative estimate of drug-likeness (QED) is 0.571. The van der Waals surface area contributed by atoms with Crippen molar-refractivity contribution in [2.45, 2.75) is 39.3 Å². The summed E-state index contributed by atoms with van der Waals surface area (Å²) in [6.45, 7) is 4.85. The normalized spacial score (nSPS) is 12.7. The lowest BCUT2D eigenvalue weighted by molar-refractivity contribution is -0.385. The van der Waals surface area contributed by atoms with Gasteiger partial charge in [-0.2, -0.15) is 0 Å². The van der Waals surface area contributed by atoms with Crippen LogP contribution in [0.3, 0.4) is 0 Å². The van der Waals surface area contributed by atoms with E-state index in [1.165, 1.54) is 6.07 Å². The molecule has 20 heavy (non-hydrogen) atoms. The Morgan fingerprint density at radius 1 is 1.40 bits per heavy atom. The molecule has 0 heterocycles. The number of aliphatic hydroxyl groups is 1. The van der Waals surface area contributed by atoms with Crippen LogP contribution >= 0.6 is 11.6 Å². The Labute approximate surface area is 124 Å². The van der Waals surface area contributed by atoms with Gasteiger partial charge in [-0.05, 0) is 18.1 Å². The molecule has 0 fully saturated rings. The summed E-state index contributed by atoms with van der Waals surface area (Å²) in [7, 11) is 0. The summed E-state index contributed by atoms with van der Waals surface area (Å²) in [4.78, 5) is 10.5. The fourth-order valence-corrected chi connectivity index (χ4v) is 2.38. The summed E-state index contributed by atoms with van der Waals surface area (Å²) in [5.41, 5.74) is 0.568. The molecule has 0 amide bonds. The van der Waals surface area contributed by atoms with Crippen molar-refractivity contribution in [3.63, 3.8) is 0 Å². The molecule has 1 aromatic rings. The van der Waals surface area contributed by atoms with Crippen LogP contribution in [0.5, 0.6) is 0 Å². The van der Waals surface area contributed by atoms with Gasteiger partial charge in [-0.3, -0.25) is 10.1 Å². The average molecular weight is 301 g/mol. The zero-order valence-electron chi connectivity index (χ0n) is 11.8. The number of nitrogens with one attached hydrogen (secondary N) is 1. The molecule has 0 aromatic heterocycles. The highest BCUT2D eigenvalue weighted by Gasteiger charge is 2.17. The minimum Gasteiger partial charge on any atom is -0.392 e. The van der Waals surface area contributed by atoms with Crippen molar-refractivity contribution in [2.75, 3.05) is 6.54 Å². The van der Waals surface area contributed by atoms with Crippen molar-refractivity contribution in [1.29, 1.82) is 0 Å². The van der Waals surface area contributed by atoms with Crippen LogP contribution < -0.4 is 5.32 Å². The molecule has 2 N–H and O–H groups in total. The number of nitrogens with zero attached hydrogens (tertiary/aromatic N) is 1. The first-order valence-electron chi connectivity index (χ1n) is 6.81. The van der Waals surface area contributed by atoms with Gasteiger partial charge in [0.1, 0.15) is 0 Å². The summed E-state index contributed by atoms with van der Waals surface area (Å²) in [5.74, 6) is 0.253. The van der Waals surface area contributed by atoms with E-state index < -0.39 is 11.0 Å². The van der Waals surface area contributed by atoms with Crippen molar-refractivity contribution in [1.82, 2.24) is 5.32 Å². The lowest BCUT2D eigenvalue weighted by atomic mass is 9.96. The van der Waals surface area contributed by atoms with E-state index in [9.17, 15) is 15.2 Å². The van der Waals surface area contributed by atoms with E-state index >= 15 is 0 Å². The zero-order valence-corrected chi connectivity index (χ0v) is 12.6. The fourth-order valence-electron chi connectivity index (χ4n) is 2.21. The summed E-state index contributed by atoms with van der Waals surface area (Å²) >= 11 is 5.76. The zero-order chi connectivity index (χ0) is 15.1. The van der Waals surface area contributed by atoms with Gasteiger partial charge in [0.25, 0.3) is 5.69 Å². The van der Waals surface area contributed by atoms with Crippen molar-refractivity contribution in [3.05, 3.63) is 38.9 Å². The predicted molar refractivity (Wildman–Crippen MR) is 79.9 cm³/mol. The summed E-state index contributed by atoms with van der Waals surface area (Å²) in [5, 5.41) is 24.3. The predicted octanol–water partition coefficient (Wildman–Crippen LogP) is 3.13. The lowest BCUT2D eigenvalue weighted by Crippen LogP contribution is -2.32. The van der Waals surface area contributed by atoms with E-state index in [0.717, 1.165) is 12.8 Å². The second kappa shape index (κ2) is 8.19. The molecule has 0 aliphatic rings. The van der Waals surface area contributed by atoms with Gasteiger partial charge in [-0.1, -0.05) is 38.3 Å². The molecular formula is C14H21ClN2O3. The van der Waals surface area contributed by atoms with Gasteiger partial charge in [0, 0.05) is 29.7 Å². The number of nitro groups is 1. The number of rotatable bonds is 8. The topological polar surface area (TPSA) is 75.4 Å². The number of hydrogen-bond acceptors (Lipinski definition) is 4. The monoisotopic (exact) mass is 300 g/mol. The van der Waals surface area contributed by atoms with Gasteiger partial charge < -0.3 is 10.4 Å². The van der Waals surface area contributed by atoms with Crippen LogP contribution in [0.15, 0.2) is 18.2 Å². The van der Waals surface area contributed by atoms with Gasteiger partial charge in [0.2, 0.25) is 0 Å². The van der Waals surface area contributed by atoms with Crippen LogP contribution in [0.1, 0.15) is 32.3 Å². The first-order chi connectivity index (χ1) is 9.49. The smallest absolute Gasteiger partial charge is 0.275 e. The van der Waals surface area contributed by atoms with Crippen LogP contribution in [0.2, 0.25) is 5.02 Å². The Balaban J connectivity index is 2.60. The third-order valence-corrected chi connectivity index (χ3v) is 3.74. The molecular weight excluding hydrogens is 280 g/mol. The Bertz CT molecular complexity index is 450. The van der Waals surface area contributed by atoms with E-state index in [2.05, 4.69) is 5.32 Å². The molecule has 1 unspecified atom stereocenters. The maximum atomic E-state index is 10.9. The molecule has 0 saturated heterocycles. The number of aliphatic hydroxyl groups excluding tert-OH is 1. The minimum absolute atomic E-state index is 0.00187. The van der Waals surface area contributed by atoms with Gasteiger partial charge in [0.15, 0.2) is 0 Å². The Kier molecular flexibility index (Phi) is 6.91. The van der Waals surface area contributed by atoms with E-state index in [4.69, 9.17) is 11.6 Å². The first-order valence-corrected chi connectivity index (χ1v) is 7.18. The molecule has 6 heteroatoms. The van der Waals surface area contributed by atoms with Gasteiger partial charge in [-0.25, -0.2) is 0 Å². The first kappa shape index (κ1) is 16.9. The number of hydrogen-bond donors (Lipinski definition) is 2. The second-order valence-electron chi connectivity index (χ2n) is 4.80. The van der Waals surface area contributed by atoms with Crippen LogP contribution in [0.25, 0.3) is 0 Å². The molecule has 0 radical (unpaired) electrons. The molecule has 0 spiro atoms. The molecule has 1 aromatic carbocycles. The second-order valence-corrected chi connectivity index (χ2v) is 5.24. The summed E-state index contributed by atoms with van der Waals surface area (Å²) in [6.07, 6.45) is 1.40. The van der Waals surface area contributed by atoms with E-state index in [1.807, 2.05) is 13.8 Å². The highest BCUT2D eigenvalue weighted by molar-refractivity contribution is 6.30. The number of halogens is 1. The Hall–Kier alpha value is -1.17. The van der Waals surface area contributed by atoms with Crippen LogP contribution in [-0.4, -0.2) is 22.7 Å². The molecule has 0 aliphatic heterocycles. The highest BCUT2D eigenvalue weighted by Crippen LogP contribution is 2.23. The van der Waals surface area contributed by atoms with Crippen LogP contribution in [0.4, 0.5) is 5.69 Å². The SMILES string of the molecule is CCC(CC)C(O)CNCc1ccc(Cl)cc1[N+](=O)[O-]. The minimum atomic E-state index is -0.444. The molecule has 112 valence electrons. The van der Waals surface area contributed by atoms with Crippen molar-refractivity contribution < 1.29 is 10.0 Å². The van der Waals surface area contributed by atoms with E-state index in [1.54, 1.807) is 12.1 Å². The van der Waals surface area contributed by atoms with Crippen molar-refractivity contribution in [3.8, 4) is 0 Å². The molecule has 0 aliphatic carbocycles. The standard InChI is InChI=1S/C14H21ClN2O3/c1-3-10(4-2)14(18)9-16-8-11-5-6-12(15)7-13(11)17(19)20/h5-7,10,14,16,18H,3-4,8-9H2,1-2H3. The third-order valence-electron chi connectivity index (χ3n) is 3.51. The number of benzene rings is 1. The fraction of sp³-hybridized carbons (Fsp3) is 0.571. The Morgan fingerprint density at radius 3 is 2.60 bits per heavy atom.